The molecular weight excluding hydrogens is 280 g/mol. The Morgan fingerprint density at radius 2 is 1.10 bits per heavy atom. The van der Waals surface area contributed by atoms with Crippen LogP contribution in [0.3, 0.4) is 0 Å². The average molecular weight is 312 g/mol. The van der Waals surface area contributed by atoms with Crippen LogP contribution in [0.1, 0.15) is 84.0 Å². The quantitative estimate of drug-likeness (QED) is 0.391. The molecule has 6 heteroatoms. The summed E-state index contributed by atoms with van der Waals surface area (Å²) in [6, 6.07) is 0. The molecule has 0 aromatic heterocycles. The molecule has 0 atom stereocenters. The van der Waals surface area contributed by atoms with Crippen molar-refractivity contribution in [1.82, 2.24) is 0 Å². The van der Waals surface area contributed by atoms with E-state index >= 15 is 0 Å². The zero-order valence-corrected chi connectivity index (χ0v) is 13.6. The predicted molar refractivity (Wildman–Crippen MR) is 82.2 cm³/mol. The SMILES string of the molecule is CCCCCCCCCCCCCCOS(=O)(=O)O.O. The molecule has 20 heavy (non-hydrogen) atoms. The Morgan fingerprint density at radius 3 is 1.45 bits per heavy atom. The van der Waals surface area contributed by atoms with Crippen LogP contribution >= 0.6 is 0 Å². The van der Waals surface area contributed by atoms with Gasteiger partial charge < -0.3 is 5.48 Å². The molecule has 124 valence electrons. The van der Waals surface area contributed by atoms with E-state index in [0.717, 1.165) is 12.8 Å². The Kier molecular flexibility index (Phi) is 16.8. The molecule has 0 aliphatic heterocycles. The molecule has 0 heterocycles. The topological polar surface area (TPSA) is 95.1 Å². The largest absolute Gasteiger partial charge is 0.412 e. The van der Waals surface area contributed by atoms with E-state index in [4.69, 9.17) is 4.55 Å². The van der Waals surface area contributed by atoms with Gasteiger partial charge in [-0.3, -0.25) is 4.55 Å². The molecule has 5 nitrogen and oxygen atoms in total. The maximum Gasteiger partial charge on any atom is 0.397 e. The van der Waals surface area contributed by atoms with Crippen LogP contribution in [0.25, 0.3) is 0 Å². The van der Waals surface area contributed by atoms with E-state index in [1.807, 2.05) is 0 Å². The number of rotatable bonds is 14. The Labute approximate surface area is 124 Å². The molecule has 3 N–H and O–H groups in total. The first-order valence-corrected chi connectivity index (χ1v) is 9.04. The van der Waals surface area contributed by atoms with Gasteiger partial charge >= 0.3 is 10.4 Å². The van der Waals surface area contributed by atoms with Crippen molar-refractivity contribution < 1.29 is 22.6 Å². The second-order valence-corrected chi connectivity index (χ2v) is 6.23. The molecule has 0 aromatic rings. The van der Waals surface area contributed by atoms with Gasteiger partial charge in [0, 0.05) is 0 Å². The summed E-state index contributed by atoms with van der Waals surface area (Å²) in [4.78, 5) is 0. The summed E-state index contributed by atoms with van der Waals surface area (Å²) < 4.78 is 33.1. The summed E-state index contributed by atoms with van der Waals surface area (Å²) >= 11 is 0. The first-order chi connectivity index (χ1) is 9.06. The lowest BCUT2D eigenvalue weighted by molar-refractivity contribution is 0.261. The minimum Gasteiger partial charge on any atom is -0.412 e. The average Bonchev–Trinajstić information content (AvgIpc) is 2.34. The van der Waals surface area contributed by atoms with Gasteiger partial charge in [-0.05, 0) is 6.42 Å². The number of unbranched alkanes of at least 4 members (excludes halogenated alkanes) is 11. The highest BCUT2D eigenvalue weighted by Gasteiger charge is 2.02. The van der Waals surface area contributed by atoms with E-state index in [9.17, 15) is 8.42 Å². The van der Waals surface area contributed by atoms with Gasteiger partial charge in [0.05, 0.1) is 6.61 Å². The summed E-state index contributed by atoms with van der Waals surface area (Å²) in [7, 11) is -4.24. The van der Waals surface area contributed by atoms with Crippen molar-refractivity contribution in [3.05, 3.63) is 0 Å². The monoisotopic (exact) mass is 312 g/mol. The van der Waals surface area contributed by atoms with Crippen LogP contribution in [-0.2, 0) is 14.6 Å². The molecule has 0 bridgehead atoms. The van der Waals surface area contributed by atoms with Gasteiger partial charge in [0.1, 0.15) is 0 Å². The molecule has 0 aliphatic rings. The lowest BCUT2D eigenvalue weighted by Crippen LogP contribution is -2.04. The third-order valence-corrected chi connectivity index (χ3v) is 3.69. The van der Waals surface area contributed by atoms with Crippen LogP contribution in [0.5, 0.6) is 0 Å². The molecule has 0 fully saturated rings. The van der Waals surface area contributed by atoms with E-state index < -0.39 is 10.4 Å². The van der Waals surface area contributed by atoms with Crippen LogP contribution in [0.4, 0.5) is 0 Å². The van der Waals surface area contributed by atoms with Crippen molar-refractivity contribution in [2.45, 2.75) is 84.0 Å². The van der Waals surface area contributed by atoms with Gasteiger partial charge in [0.2, 0.25) is 0 Å². The Balaban J connectivity index is 0. The van der Waals surface area contributed by atoms with E-state index in [0.29, 0.717) is 6.42 Å². The van der Waals surface area contributed by atoms with Gasteiger partial charge in [-0.1, -0.05) is 77.6 Å². The summed E-state index contributed by atoms with van der Waals surface area (Å²) in [5, 5.41) is 0. The first kappa shape index (κ1) is 22.1. The van der Waals surface area contributed by atoms with E-state index in [2.05, 4.69) is 11.1 Å². The maximum atomic E-state index is 10.3. The lowest BCUT2D eigenvalue weighted by atomic mass is 10.1. The highest BCUT2D eigenvalue weighted by atomic mass is 32.3. The van der Waals surface area contributed by atoms with Crippen molar-refractivity contribution in [1.29, 1.82) is 0 Å². The van der Waals surface area contributed by atoms with Crippen molar-refractivity contribution in [2.75, 3.05) is 6.61 Å². The zero-order valence-electron chi connectivity index (χ0n) is 12.8. The molecule has 0 rings (SSSR count). The Bertz CT molecular complexity index is 277. The van der Waals surface area contributed by atoms with E-state index in [1.165, 1.54) is 57.8 Å². The minimum absolute atomic E-state index is 0. The highest BCUT2D eigenvalue weighted by molar-refractivity contribution is 7.80. The Morgan fingerprint density at radius 1 is 0.750 bits per heavy atom. The summed E-state index contributed by atoms with van der Waals surface area (Å²) in [6.07, 6.45) is 14.7. The van der Waals surface area contributed by atoms with Crippen LogP contribution in [0.15, 0.2) is 0 Å². The first-order valence-electron chi connectivity index (χ1n) is 7.68. The fourth-order valence-corrected chi connectivity index (χ4v) is 2.44. The second-order valence-electron chi connectivity index (χ2n) is 5.14. The summed E-state index contributed by atoms with van der Waals surface area (Å²) in [6.45, 7) is 2.33. The standard InChI is InChI=1S/C14H30O4S.H2O/c1-2-3-4-5-6-7-8-9-10-11-12-13-14-18-19(15,16)17;/h2-14H2,1H3,(H,15,16,17);1H2. The smallest absolute Gasteiger partial charge is 0.397 e. The fraction of sp³-hybridized carbons (Fsp3) is 1.00. The van der Waals surface area contributed by atoms with Crippen LogP contribution < -0.4 is 0 Å². The second kappa shape index (κ2) is 15.2. The predicted octanol–water partition coefficient (Wildman–Crippen LogP) is 3.68. The summed E-state index contributed by atoms with van der Waals surface area (Å²) in [5.41, 5.74) is 0. The van der Waals surface area contributed by atoms with Gasteiger partial charge in [-0.2, -0.15) is 8.42 Å². The van der Waals surface area contributed by atoms with Crippen LogP contribution in [0, 0.1) is 0 Å². The normalized spacial score (nSPS) is 11.3. The molecule has 0 saturated carbocycles. The minimum atomic E-state index is -4.24. The van der Waals surface area contributed by atoms with Crippen molar-refractivity contribution in [3.8, 4) is 0 Å². The summed E-state index contributed by atoms with van der Waals surface area (Å²) in [5.74, 6) is 0. The molecule has 0 spiro atoms. The third-order valence-electron chi connectivity index (χ3n) is 3.23. The van der Waals surface area contributed by atoms with Gasteiger partial charge in [0.15, 0.2) is 0 Å². The van der Waals surface area contributed by atoms with E-state index in [-0.39, 0.29) is 12.1 Å². The van der Waals surface area contributed by atoms with Crippen molar-refractivity contribution in [2.24, 2.45) is 0 Å². The molecule has 0 aromatic carbocycles. The van der Waals surface area contributed by atoms with Gasteiger partial charge in [-0.15, -0.1) is 0 Å². The van der Waals surface area contributed by atoms with Crippen molar-refractivity contribution >= 4 is 10.4 Å². The fourth-order valence-electron chi connectivity index (χ4n) is 2.11. The maximum absolute atomic E-state index is 10.3. The van der Waals surface area contributed by atoms with Crippen LogP contribution in [-0.4, -0.2) is 25.1 Å². The number of hydrogen-bond acceptors (Lipinski definition) is 3. The zero-order chi connectivity index (χ0) is 14.4. The highest BCUT2D eigenvalue weighted by Crippen LogP contribution is 2.11. The lowest BCUT2D eigenvalue weighted by Gasteiger charge is -2.02. The van der Waals surface area contributed by atoms with Gasteiger partial charge in [-0.25, -0.2) is 4.18 Å². The van der Waals surface area contributed by atoms with E-state index in [1.54, 1.807) is 0 Å². The molecule has 0 aliphatic carbocycles. The van der Waals surface area contributed by atoms with Crippen LogP contribution in [0.2, 0.25) is 0 Å². The molecule has 0 radical (unpaired) electrons. The van der Waals surface area contributed by atoms with Gasteiger partial charge in [0.25, 0.3) is 0 Å². The third kappa shape index (κ3) is 20.2. The molecule has 0 unspecified atom stereocenters. The molecule has 0 saturated heterocycles. The Hall–Kier alpha value is -0.170. The number of hydrogen-bond donors (Lipinski definition) is 1. The van der Waals surface area contributed by atoms with Crippen molar-refractivity contribution in [3.63, 3.8) is 0 Å². The molecule has 0 amide bonds. The molecular formula is C14H32O5S.